The SMILES string of the molecule is CCN(CC(=O)Nc1nc(-c2ccc(C)cc2)cs1)Cc1ccc2c(c1)OCO2. The van der Waals surface area contributed by atoms with E-state index in [2.05, 4.69) is 34.3 Å². The van der Waals surface area contributed by atoms with Crippen molar-refractivity contribution in [2.45, 2.75) is 20.4 Å². The Hall–Kier alpha value is -2.90. The van der Waals surface area contributed by atoms with Gasteiger partial charge in [-0.25, -0.2) is 4.98 Å². The number of ether oxygens (including phenoxy) is 2. The highest BCUT2D eigenvalue weighted by Gasteiger charge is 2.16. The Morgan fingerprint density at radius 3 is 2.76 bits per heavy atom. The number of rotatable bonds is 7. The van der Waals surface area contributed by atoms with E-state index in [4.69, 9.17) is 9.47 Å². The molecule has 1 aromatic heterocycles. The molecule has 0 radical (unpaired) electrons. The van der Waals surface area contributed by atoms with E-state index in [0.717, 1.165) is 34.9 Å². The first-order valence-corrected chi connectivity index (χ1v) is 10.4. The number of anilines is 1. The Kier molecular flexibility index (Phi) is 5.78. The van der Waals surface area contributed by atoms with Gasteiger partial charge >= 0.3 is 0 Å². The number of hydrogen-bond acceptors (Lipinski definition) is 6. The maximum absolute atomic E-state index is 12.5. The lowest BCUT2D eigenvalue weighted by molar-refractivity contribution is -0.117. The van der Waals surface area contributed by atoms with Crippen LogP contribution >= 0.6 is 11.3 Å². The maximum Gasteiger partial charge on any atom is 0.240 e. The average molecular weight is 410 g/mol. The highest BCUT2D eigenvalue weighted by molar-refractivity contribution is 7.14. The standard InChI is InChI=1S/C22H23N3O3S/c1-3-25(11-16-6-9-19-20(10-16)28-14-27-19)12-21(26)24-22-23-18(13-29-22)17-7-4-15(2)5-8-17/h4-10,13H,3,11-12,14H2,1-2H3,(H,23,24,26). The summed E-state index contributed by atoms with van der Waals surface area (Å²) in [6.45, 7) is 6.07. The zero-order valence-corrected chi connectivity index (χ0v) is 17.3. The fourth-order valence-electron chi connectivity index (χ4n) is 3.13. The number of thiazole rings is 1. The number of aryl methyl sites for hydroxylation is 1. The molecule has 0 atom stereocenters. The van der Waals surface area contributed by atoms with Gasteiger partial charge in [-0.3, -0.25) is 9.69 Å². The third kappa shape index (κ3) is 4.75. The van der Waals surface area contributed by atoms with Crippen molar-refractivity contribution in [3.63, 3.8) is 0 Å². The van der Waals surface area contributed by atoms with Crippen LogP contribution in [-0.4, -0.2) is 35.7 Å². The molecule has 6 nitrogen and oxygen atoms in total. The van der Waals surface area contributed by atoms with E-state index >= 15 is 0 Å². The predicted octanol–water partition coefficient (Wildman–Crippen LogP) is 4.31. The summed E-state index contributed by atoms with van der Waals surface area (Å²) in [4.78, 5) is 19.1. The molecule has 29 heavy (non-hydrogen) atoms. The van der Waals surface area contributed by atoms with Crippen LogP contribution in [0, 0.1) is 6.92 Å². The lowest BCUT2D eigenvalue weighted by Gasteiger charge is -2.19. The summed E-state index contributed by atoms with van der Waals surface area (Å²) in [5.74, 6) is 1.45. The molecule has 4 rings (SSSR count). The van der Waals surface area contributed by atoms with Gasteiger partial charge in [-0.2, -0.15) is 0 Å². The Morgan fingerprint density at radius 2 is 1.97 bits per heavy atom. The van der Waals surface area contributed by atoms with Crippen LogP contribution in [-0.2, 0) is 11.3 Å². The zero-order chi connectivity index (χ0) is 20.2. The van der Waals surface area contributed by atoms with E-state index in [1.165, 1.54) is 16.9 Å². The summed E-state index contributed by atoms with van der Waals surface area (Å²) in [7, 11) is 0. The second kappa shape index (κ2) is 8.63. The van der Waals surface area contributed by atoms with Gasteiger partial charge < -0.3 is 14.8 Å². The van der Waals surface area contributed by atoms with Gasteiger partial charge in [-0.05, 0) is 31.2 Å². The molecule has 2 aromatic carbocycles. The van der Waals surface area contributed by atoms with E-state index in [0.29, 0.717) is 18.2 Å². The van der Waals surface area contributed by atoms with Gasteiger partial charge in [-0.1, -0.05) is 42.8 Å². The molecule has 0 saturated heterocycles. The molecule has 1 N–H and O–H groups in total. The van der Waals surface area contributed by atoms with Crippen LogP contribution in [0.5, 0.6) is 11.5 Å². The topological polar surface area (TPSA) is 63.7 Å². The molecule has 150 valence electrons. The number of fused-ring (bicyclic) bond motifs is 1. The van der Waals surface area contributed by atoms with Crippen molar-refractivity contribution in [2.24, 2.45) is 0 Å². The average Bonchev–Trinajstić information content (AvgIpc) is 3.37. The number of hydrogen-bond donors (Lipinski definition) is 1. The molecule has 0 aliphatic carbocycles. The van der Waals surface area contributed by atoms with E-state index in [1.807, 2.05) is 42.6 Å². The van der Waals surface area contributed by atoms with E-state index in [1.54, 1.807) is 0 Å². The Bertz CT molecular complexity index is 1000. The van der Waals surface area contributed by atoms with Gasteiger partial charge in [0.1, 0.15) is 0 Å². The van der Waals surface area contributed by atoms with Gasteiger partial charge in [0, 0.05) is 17.5 Å². The number of carbonyl (C=O) groups is 1. The van der Waals surface area contributed by atoms with Crippen LogP contribution in [0.25, 0.3) is 11.3 Å². The van der Waals surface area contributed by atoms with Crippen molar-refractivity contribution in [1.82, 2.24) is 9.88 Å². The molecule has 1 aliphatic rings. The fourth-order valence-corrected chi connectivity index (χ4v) is 3.86. The van der Waals surface area contributed by atoms with E-state index in [9.17, 15) is 4.79 Å². The van der Waals surface area contributed by atoms with Crippen LogP contribution in [0.1, 0.15) is 18.1 Å². The highest BCUT2D eigenvalue weighted by Crippen LogP contribution is 2.32. The van der Waals surface area contributed by atoms with Crippen LogP contribution in [0.15, 0.2) is 47.8 Å². The van der Waals surface area contributed by atoms with Gasteiger partial charge in [0.15, 0.2) is 16.6 Å². The minimum absolute atomic E-state index is 0.0719. The first-order chi connectivity index (χ1) is 14.1. The zero-order valence-electron chi connectivity index (χ0n) is 16.5. The summed E-state index contributed by atoms with van der Waals surface area (Å²) in [6, 6.07) is 14.1. The third-order valence-corrected chi connectivity index (χ3v) is 5.51. The summed E-state index contributed by atoms with van der Waals surface area (Å²) in [5.41, 5.74) is 4.21. The summed E-state index contributed by atoms with van der Waals surface area (Å²) < 4.78 is 10.8. The monoisotopic (exact) mass is 409 g/mol. The van der Waals surface area contributed by atoms with Gasteiger partial charge in [-0.15, -0.1) is 11.3 Å². The summed E-state index contributed by atoms with van der Waals surface area (Å²) in [5, 5.41) is 5.50. The van der Waals surface area contributed by atoms with Crippen molar-refractivity contribution in [3.05, 3.63) is 59.0 Å². The van der Waals surface area contributed by atoms with Crippen LogP contribution in [0.4, 0.5) is 5.13 Å². The molecule has 2 heterocycles. The van der Waals surface area contributed by atoms with Crippen molar-refractivity contribution in [3.8, 4) is 22.8 Å². The molecule has 0 saturated carbocycles. The Morgan fingerprint density at radius 1 is 1.17 bits per heavy atom. The maximum atomic E-state index is 12.5. The minimum Gasteiger partial charge on any atom is -0.454 e. The molecular formula is C22H23N3O3S. The van der Waals surface area contributed by atoms with Crippen LogP contribution in [0.3, 0.4) is 0 Å². The molecule has 1 aliphatic heterocycles. The number of benzene rings is 2. The Balaban J connectivity index is 1.35. The fraction of sp³-hybridized carbons (Fsp3) is 0.273. The second-order valence-electron chi connectivity index (χ2n) is 6.94. The normalized spacial score (nSPS) is 12.4. The smallest absolute Gasteiger partial charge is 0.240 e. The van der Waals surface area contributed by atoms with Gasteiger partial charge in [0.05, 0.1) is 12.2 Å². The van der Waals surface area contributed by atoms with E-state index in [-0.39, 0.29) is 12.7 Å². The highest BCUT2D eigenvalue weighted by atomic mass is 32.1. The lowest BCUT2D eigenvalue weighted by Crippen LogP contribution is -2.32. The van der Waals surface area contributed by atoms with Crippen molar-refractivity contribution >= 4 is 22.4 Å². The number of carbonyl (C=O) groups excluding carboxylic acids is 1. The molecule has 1 amide bonds. The summed E-state index contributed by atoms with van der Waals surface area (Å²) >= 11 is 1.44. The molecule has 0 bridgehead atoms. The van der Waals surface area contributed by atoms with E-state index < -0.39 is 0 Å². The van der Waals surface area contributed by atoms with Gasteiger partial charge in [0.2, 0.25) is 12.7 Å². The van der Waals surface area contributed by atoms with Crippen LogP contribution < -0.4 is 14.8 Å². The van der Waals surface area contributed by atoms with Crippen molar-refractivity contribution in [2.75, 3.05) is 25.2 Å². The Labute approximate surface area is 174 Å². The molecule has 7 heteroatoms. The third-order valence-electron chi connectivity index (χ3n) is 4.76. The van der Waals surface area contributed by atoms with Crippen LogP contribution in [0.2, 0.25) is 0 Å². The number of nitrogens with one attached hydrogen (secondary N) is 1. The lowest BCUT2D eigenvalue weighted by atomic mass is 10.1. The first-order valence-electron chi connectivity index (χ1n) is 9.54. The van der Waals surface area contributed by atoms with Crippen molar-refractivity contribution in [1.29, 1.82) is 0 Å². The quantitative estimate of drug-likeness (QED) is 0.630. The largest absolute Gasteiger partial charge is 0.454 e. The summed E-state index contributed by atoms with van der Waals surface area (Å²) in [6.07, 6.45) is 0. The molecule has 0 spiro atoms. The number of amides is 1. The number of nitrogens with zero attached hydrogens (tertiary/aromatic N) is 2. The molecule has 3 aromatic rings. The number of likely N-dealkylation sites (N-methyl/N-ethyl adjacent to an activating group) is 1. The molecule has 0 fully saturated rings. The second-order valence-corrected chi connectivity index (χ2v) is 7.80. The molecular weight excluding hydrogens is 386 g/mol. The van der Waals surface area contributed by atoms with Gasteiger partial charge in [0.25, 0.3) is 0 Å². The first kappa shape index (κ1) is 19.4. The molecule has 0 unspecified atom stereocenters. The van der Waals surface area contributed by atoms with Crippen molar-refractivity contribution < 1.29 is 14.3 Å². The number of aromatic nitrogens is 1. The predicted molar refractivity (Wildman–Crippen MR) is 114 cm³/mol. The minimum atomic E-state index is -0.0719.